The molecule has 1 aromatic carbocycles. The summed E-state index contributed by atoms with van der Waals surface area (Å²) < 4.78 is 0. The molecule has 0 radical (unpaired) electrons. The molecule has 0 saturated carbocycles. The lowest BCUT2D eigenvalue weighted by atomic mass is 10.2. The van der Waals surface area contributed by atoms with Crippen LogP contribution in [0.3, 0.4) is 0 Å². The first kappa shape index (κ1) is 12.0. The molecule has 18 heavy (non-hydrogen) atoms. The summed E-state index contributed by atoms with van der Waals surface area (Å²) in [7, 11) is 0. The van der Waals surface area contributed by atoms with Crippen molar-refractivity contribution >= 4 is 23.4 Å². The molecule has 2 aliphatic rings. The van der Waals surface area contributed by atoms with E-state index in [0.717, 1.165) is 32.0 Å². The Bertz CT molecular complexity index is 465. The van der Waals surface area contributed by atoms with Crippen LogP contribution < -0.4 is 10.2 Å². The highest BCUT2D eigenvalue weighted by atomic mass is 32.2. The van der Waals surface area contributed by atoms with Crippen molar-refractivity contribution in [3.8, 4) is 0 Å². The molecule has 3 rings (SSSR count). The number of fused-ring (bicyclic) bond motifs is 1. The maximum atomic E-state index is 12.4. The number of carbonyl (C=O) groups excluding carboxylic acids is 1. The molecule has 1 unspecified atom stereocenters. The molecule has 1 atom stereocenters. The number of rotatable bonds is 2. The summed E-state index contributed by atoms with van der Waals surface area (Å²) in [6.45, 7) is 3.43. The largest absolute Gasteiger partial charge is 0.313 e. The van der Waals surface area contributed by atoms with E-state index < -0.39 is 0 Å². The molecular formula is C13H17N3OS. The van der Waals surface area contributed by atoms with Crippen molar-refractivity contribution in [3.05, 3.63) is 24.3 Å². The molecule has 0 aliphatic carbocycles. The van der Waals surface area contributed by atoms with E-state index in [2.05, 4.69) is 16.3 Å². The van der Waals surface area contributed by atoms with Crippen LogP contribution in [0.4, 0.5) is 5.69 Å². The highest BCUT2D eigenvalue weighted by Gasteiger charge is 2.40. The maximum Gasteiger partial charge on any atom is 0.246 e. The van der Waals surface area contributed by atoms with Crippen molar-refractivity contribution in [2.45, 2.75) is 10.9 Å². The van der Waals surface area contributed by atoms with E-state index in [1.165, 1.54) is 4.90 Å². The number of nitrogens with one attached hydrogen (secondary N) is 1. The first-order valence-corrected chi connectivity index (χ1v) is 7.43. The zero-order valence-electron chi connectivity index (χ0n) is 10.4. The van der Waals surface area contributed by atoms with E-state index in [4.69, 9.17) is 0 Å². The molecule has 96 valence electrons. The molecule has 4 nitrogen and oxygen atoms in total. The summed E-state index contributed by atoms with van der Waals surface area (Å²) in [5, 5.41) is 3.29. The predicted molar refractivity (Wildman–Crippen MR) is 73.9 cm³/mol. The van der Waals surface area contributed by atoms with Gasteiger partial charge >= 0.3 is 0 Å². The third-order valence-corrected chi connectivity index (χ3v) is 4.39. The Morgan fingerprint density at radius 3 is 3.00 bits per heavy atom. The van der Waals surface area contributed by atoms with E-state index >= 15 is 0 Å². The van der Waals surface area contributed by atoms with Crippen LogP contribution in [0, 0.1) is 0 Å². The lowest BCUT2D eigenvalue weighted by Gasteiger charge is -2.26. The molecule has 2 heterocycles. The van der Waals surface area contributed by atoms with Gasteiger partial charge in [0.25, 0.3) is 0 Å². The fraction of sp³-hybridized carbons (Fsp3) is 0.462. The van der Waals surface area contributed by atoms with E-state index in [1.54, 1.807) is 11.8 Å². The Kier molecular flexibility index (Phi) is 3.28. The Balaban J connectivity index is 1.91. The minimum atomic E-state index is 0.0219. The molecule has 1 N–H and O–H groups in total. The third-order valence-electron chi connectivity index (χ3n) is 3.60. The zero-order chi connectivity index (χ0) is 12.5. The second-order valence-corrected chi connectivity index (χ2v) is 5.46. The van der Waals surface area contributed by atoms with Crippen LogP contribution in [0.15, 0.2) is 29.2 Å². The van der Waals surface area contributed by atoms with E-state index in [0.29, 0.717) is 0 Å². The van der Waals surface area contributed by atoms with Gasteiger partial charge in [0.2, 0.25) is 5.91 Å². The van der Waals surface area contributed by atoms with E-state index in [9.17, 15) is 4.79 Å². The second kappa shape index (κ2) is 4.91. The van der Waals surface area contributed by atoms with E-state index in [1.807, 2.05) is 29.4 Å². The summed E-state index contributed by atoms with van der Waals surface area (Å²) in [4.78, 5) is 17.8. The minimum absolute atomic E-state index is 0.0219. The zero-order valence-corrected chi connectivity index (χ0v) is 11.2. The van der Waals surface area contributed by atoms with Gasteiger partial charge in [-0.2, -0.15) is 0 Å². The van der Waals surface area contributed by atoms with Gasteiger partial charge in [-0.05, 0) is 18.4 Å². The number of piperazine rings is 1. The lowest BCUT2D eigenvalue weighted by Crippen LogP contribution is -2.50. The molecule has 2 aliphatic heterocycles. The molecule has 0 spiro atoms. The maximum absolute atomic E-state index is 12.4. The van der Waals surface area contributed by atoms with Gasteiger partial charge < -0.3 is 5.32 Å². The van der Waals surface area contributed by atoms with Crippen molar-refractivity contribution in [1.82, 2.24) is 10.2 Å². The third kappa shape index (κ3) is 1.92. The van der Waals surface area contributed by atoms with Crippen LogP contribution in [0.1, 0.15) is 0 Å². The lowest BCUT2D eigenvalue weighted by molar-refractivity contribution is -0.120. The molecule has 5 heteroatoms. The monoisotopic (exact) mass is 263 g/mol. The summed E-state index contributed by atoms with van der Waals surface area (Å²) in [5.74, 6) is 0.226. The van der Waals surface area contributed by atoms with Gasteiger partial charge in [0.15, 0.2) is 0 Å². The van der Waals surface area contributed by atoms with Crippen LogP contribution >= 0.6 is 11.8 Å². The summed E-state index contributed by atoms with van der Waals surface area (Å²) in [5.41, 5.74) is 1.05. The first-order chi connectivity index (χ1) is 8.81. The smallest absolute Gasteiger partial charge is 0.246 e. The average Bonchev–Trinajstić information content (AvgIpc) is 2.76. The number of anilines is 1. The highest BCUT2D eigenvalue weighted by molar-refractivity contribution is 7.98. The highest BCUT2D eigenvalue weighted by Crippen LogP contribution is 2.32. The molecule has 2 fully saturated rings. The number of hydrogen-bond donors (Lipinski definition) is 1. The van der Waals surface area contributed by atoms with Crippen LogP contribution in [0.5, 0.6) is 0 Å². The van der Waals surface area contributed by atoms with Crippen LogP contribution in [-0.2, 0) is 4.79 Å². The summed E-state index contributed by atoms with van der Waals surface area (Å²) in [6.07, 6.45) is 2.05. The summed E-state index contributed by atoms with van der Waals surface area (Å²) >= 11 is 1.69. The number of para-hydroxylation sites is 1. The van der Waals surface area contributed by atoms with Crippen LogP contribution in [0.2, 0.25) is 0 Å². The fourth-order valence-electron chi connectivity index (χ4n) is 2.64. The van der Waals surface area contributed by atoms with Crippen LogP contribution in [0.25, 0.3) is 0 Å². The van der Waals surface area contributed by atoms with Crippen molar-refractivity contribution in [1.29, 1.82) is 0 Å². The van der Waals surface area contributed by atoms with Crippen molar-refractivity contribution in [3.63, 3.8) is 0 Å². The Hall–Kier alpha value is -1.04. The summed E-state index contributed by atoms with van der Waals surface area (Å²) in [6, 6.07) is 8.15. The van der Waals surface area contributed by atoms with Gasteiger partial charge in [-0.3, -0.25) is 14.6 Å². The molecule has 0 aromatic heterocycles. The number of benzene rings is 1. The quantitative estimate of drug-likeness (QED) is 0.807. The van der Waals surface area contributed by atoms with Gasteiger partial charge in [-0.15, -0.1) is 11.8 Å². The van der Waals surface area contributed by atoms with Crippen molar-refractivity contribution in [2.75, 3.05) is 37.5 Å². The number of thioether (sulfide) groups is 1. The number of nitrogens with zero attached hydrogens (tertiary/aromatic N) is 2. The Morgan fingerprint density at radius 2 is 2.22 bits per heavy atom. The minimum Gasteiger partial charge on any atom is -0.313 e. The first-order valence-electron chi connectivity index (χ1n) is 6.20. The number of carbonyl (C=O) groups is 1. The Morgan fingerprint density at radius 1 is 1.39 bits per heavy atom. The molecule has 1 amide bonds. The number of amides is 1. The number of hydrogen-bond acceptors (Lipinski definition) is 4. The topological polar surface area (TPSA) is 35.6 Å². The molecule has 0 bridgehead atoms. The fourth-order valence-corrected chi connectivity index (χ4v) is 3.24. The van der Waals surface area contributed by atoms with Crippen molar-refractivity contribution < 1.29 is 4.79 Å². The molecule has 2 saturated heterocycles. The van der Waals surface area contributed by atoms with Gasteiger partial charge in [-0.25, -0.2) is 0 Å². The SMILES string of the molecule is CSc1ccccc1N1CN2CCNCC2C1=O. The van der Waals surface area contributed by atoms with Crippen molar-refractivity contribution in [2.24, 2.45) is 0 Å². The predicted octanol–water partition coefficient (Wildman–Crippen LogP) is 0.986. The van der Waals surface area contributed by atoms with Gasteiger partial charge in [-0.1, -0.05) is 12.1 Å². The standard InChI is InChI=1S/C13H17N3OS/c1-18-12-5-3-2-4-10(12)16-9-15-7-6-14-8-11(15)13(16)17/h2-5,11,14H,6-9H2,1H3. The van der Waals surface area contributed by atoms with Gasteiger partial charge in [0.05, 0.1) is 12.4 Å². The van der Waals surface area contributed by atoms with Gasteiger partial charge in [0, 0.05) is 24.5 Å². The van der Waals surface area contributed by atoms with Gasteiger partial charge in [0.1, 0.15) is 6.04 Å². The second-order valence-electron chi connectivity index (χ2n) is 4.61. The van der Waals surface area contributed by atoms with Crippen LogP contribution in [-0.4, -0.2) is 49.4 Å². The molecule has 1 aromatic rings. The normalized spacial score (nSPS) is 24.4. The van der Waals surface area contributed by atoms with E-state index in [-0.39, 0.29) is 11.9 Å². The molecular weight excluding hydrogens is 246 g/mol. The Labute approximate surface area is 111 Å². The average molecular weight is 263 g/mol.